The van der Waals surface area contributed by atoms with Crippen LogP contribution in [0.15, 0.2) is 18.5 Å². The van der Waals surface area contributed by atoms with Gasteiger partial charge in [0.2, 0.25) is 0 Å². The molecule has 0 atom stereocenters. The summed E-state index contributed by atoms with van der Waals surface area (Å²) in [6, 6.07) is 1.75. The largest absolute Gasteiger partial charge is 0.383 e. The Bertz CT molecular complexity index is 374. The number of hydrogen-bond acceptors (Lipinski definition) is 4. The van der Waals surface area contributed by atoms with Crippen molar-refractivity contribution in [1.82, 2.24) is 9.88 Å². The highest BCUT2D eigenvalue weighted by molar-refractivity contribution is 5.95. The maximum Gasteiger partial charge on any atom is 0.254 e. The Morgan fingerprint density at radius 2 is 2.28 bits per heavy atom. The lowest BCUT2D eigenvalue weighted by Crippen LogP contribution is -2.36. The van der Waals surface area contributed by atoms with Crippen LogP contribution in [0.1, 0.15) is 22.3 Å². The molecule has 0 aliphatic rings. The number of pyridine rings is 1. The van der Waals surface area contributed by atoms with E-state index >= 15 is 0 Å². The molecule has 1 heterocycles. The van der Waals surface area contributed by atoms with Crippen LogP contribution in [0.4, 0.5) is 0 Å². The van der Waals surface area contributed by atoms with E-state index in [2.05, 4.69) is 4.98 Å². The highest BCUT2D eigenvalue weighted by Gasteiger charge is 2.16. The lowest BCUT2D eigenvalue weighted by molar-refractivity contribution is 0.0693. The molecule has 1 rings (SSSR count). The third-order valence-electron chi connectivity index (χ3n) is 2.74. The number of carbonyl (C=O) groups excluding carboxylic acids is 1. The standard InChI is InChI=1S/C13H21N3O2/c1-11-10-15-6-4-12(11)13(17)16(7-3-5-14)8-9-18-2/h4,6,10H,3,5,7-9,14H2,1-2H3. The maximum absolute atomic E-state index is 12.4. The number of methoxy groups -OCH3 is 1. The molecular weight excluding hydrogens is 230 g/mol. The van der Waals surface area contributed by atoms with Crippen LogP contribution in [0.3, 0.4) is 0 Å². The summed E-state index contributed by atoms with van der Waals surface area (Å²) in [5.74, 6) is 0.0143. The van der Waals surface area contributed by atoms with Crippen molar-refractivity contribution >= 4 is 5.91 Å². The van der Waals surface area contributed by atoms with Crippen LogP contribution >= 0.6 is 0 Å². The number of aromatic nitrogens is 1. The minimum atomic E-state index is 0.0143. The van der Waals surface area contributed by atoms with Gasteiger partial charge in [0.1, 0.15) is 0 Å². The third kappa shape index (κ3) is 4.09. The Hall–Kier alpha value is -1.46. The molecule has 0 radical (unpaired) electrons. The van der Waals surface area contributed by atoms with Gasteiger partial charge in [0.05, 0.1) is 6.61 Å². The summed E-state index contributed by atoms with van der Waals surface area (Å²) in [6.07, 6.45) is 4.13. The van der Waals surface area contributed by atoms with Crippen LogP contribution in [0.25, 0.3) is 0 Å². The molecule has 0 fully saturated rings. The minimum Gasteiger partial charge on any atom is -0.383 e. The summed E-state index contributed by atoms with van der Waals surface area (Å²) in [4.78, 5) is 18.2. The van der Waals surface area contributed by atoms with Crippen molar-refractivity contribution in [3.63, 3.8) is 0 Å². The Kier molecular flexibility index (Phi) is 6.32. The predicted octanol–water partition coefficient (Wildman–Crippen LogP) is 0.827. The molecule has 0 unspecified atom stereocenters. The number of amides is 1. The molecule has 100 valence electrons. The van der Waals surface area contributed by atoms with Crippen LogP contribution in [-0.2, 0) is 4.74 Å². The summed E-state index contributed by atoms with van der Waals surface area (Å²) in [5, 5.41) is 0. The smallest absolute Gasteiger partial charge is 0.254 e. The van der Waals surface area contributed by atoms with Crippen molar-refractivity contribution in [3.05, 3.63) is 29.6 Å². The molecule has 0 bridgehead atoms. The van der Waals surface area contributed by atoms with Gasteiger partial charge in [0, 0.05) is 38.2 Å². The topological polar surface area (TPSA) is 68.5 Å². The van der Waals surface area contributed by atoms with Crippen LogP contribution in [0, 0.1) is 6.92 Å². The van der Waals surface area contributed by atoms with Crippen LogP contribution < -0.4 is 5.73 Å². The van der Waals surface area contributed by atoms with Gasteiger partial charge in [0.15, 0.2) is 0 Å². The molecule has 18 heavy (non-hydrogen) atoms. The second-order valence-corrected chi connectivity index (χ2v) is 4.12. The molecule has 5 heteroatoms. The van der Waals surface area contributed by atoms with E-state index in [1.165, 1.54) is 0 Å². The Balaban J connectivity index is 2.77. The molecule has 0 aliphatic heterocycles. The van der Waals surface area contributed by atoms with Gasteiger partial charge in [0.25, 0.3) is 5.91 Å². The molecule has 1 aromatic rings. The zero-order chi connectivity index (χ0) is 13.4. The predicted molar refractivity (Wildman–Crippen MR) is 70.4 cm³/mol. The molecule has 2 N–H and O–H groups in total. The van der Waals surface area contributed by atoms with Crippen LogP contribution in [0.2, 0.25) is 0 Å². The fourth-order valence-electron chi connectivity index (χ4n) is 1.68. The molecule has 1 aromatic heterocycles. The van der Waals surface area contributed by atoms with Crippen molar-refractivity contribution in [2.45, 2.75) is 13.3 Å². The van der Waals surface area contributed by atoms with Crippen molar-refractivity contribution in [3.8, 4) is 0 Å². The van der Waals surface area contributed by atoms with E-state index in [1.54, 1.807) is 30.5 Å². The fraction of sp³-hybridized carbons (Fsp3) is 0.538. The first-order valence-corrected chi connectivity index (χ1v) is 6.09. The zero-order valence-electron chi connectivity index (χ0n) is 11.1. The van der Waals surface area contributed by atoms with Gasteiger partial charge in [-0.2, -0.15) is 0 Å². The average molecular weight is 251 g/mol. The molecule has 1 amide bonds. The zero-order valence-corrected chi connectivity index (χ0v) is 11.1. The number of rotatable bonds is 7. The number of nitrogens with zero attached hydrogens (tertiary/aromatic N) is 2. The van der Waals surface area contributed by atoms with Gasteiger partial charge in [-0.3, -0.25) is 9.78 Å². The first-order valence-electron chi connectivity index (χ1n) is 6.09. The van der Waals surface area contributed by atoms with Gasteiger partial charge in [-0.05, 0) is 31.5 Å². The number of carbonyl (C=O) groups is 1. The van der Waals surface area contributed by atoms with Gasteiger partial charge in [-0.15, -0.1) is 0 Å². The fourth-order valence-corrected chi connectivity index (χ4v) is 1.68. The van der Waals surface area contributed by atoms with Gasteiger partial charge >= 0.3 is 0 Å². The Labute approximate surface area is 108 Å². The second kappa shape index (κ2) is 7.79. The van der Waals surface area contributed by atoms with E-state index in [-0.39, 0.29) is 5.91 Å². The summed E-state index contributed by atoms with van der Waals surface area (Å²) in [5.41, 5.74) is 7.07. The first-order chi connectivity index (χ1) is 8.70. The average Bonchev–Trinajstić information content (AvgIpc) is 2.39. The van der Waals surface area contributed by atoms with E-state index in [0.29, 0.717) is 31.8 Å². The summed E-state index contributed by atoms with van der Waals surface area (Å²) in [6.45, 7) is 4.22. The lowest BCUT2D eigenvalue weighted by Gasteiger charge is -2.22. The molecule has 0 saturated heterocycles. The molecule has 0 aromatic carbocycles. The van der Waals surface area contributed by atoms with E-state index in [4.69, 9.17) is 10.5 Å². The summed E-state index contributed by atoms with van der Waals surface area (Å²) < 4.78 is 5.03. The van der Waals surface area contributed by atoms with E-state index < -0.39 is 0 Å². The normalized spacial score (nSPS) is 10.4. The highest BCUT2D eigenvalue weighted by atomic mass is 16.5. The molecular formula is C13H21N3O2. The number of nitrogens with two attached hydrogens (primary N) is 1. The first kappa shape index (κ1) is 14.6. The van der Waals surface area contributed by atoms with E-state index in [0.717, 1.165) is 12.0 Å². The van der Waals surface area contributed by atoms with Crippen molar-refractivity contribution in [2.24, 2.45) is 5.73 Å². The molecule has 5 nitrogen and oxygen atoms in total. The molecule has 0 saturated carbocycles. The number of hydrogen-bond donors (Lipinski definition) is 1. The highest BCUT2D eigenvalue weighted by Crippen LogP contribution is 2.09. The van der Waals surface area contributed by atoms with Gasteiger partial charge in [-0.25, -0.2) is 0 Å². The Morgan fingerprint density at radius 3 is 2.89 bits per heavy atom. The monoisotopic (exact) mass is 251 g/mol. The Morgan fingerprint density at radius 1 is 1.50 bits per heavy atom. The van der Waals surface area contributed by atoms with E-state index in [9.17, 15) is 4.79 Å². The third-order valence-corrected chi connectivity index (χ3v) is 2.74. The summed E-state index contributed by atoms with van der Waals surface area (Å²) >= 11 is 0. The van der Waals surface area contributed by atoms with Gasteiger partial charge < -0.3 is 15.4 Å². The van der Waals surface area contributed by atoms with Crippen molar-refractivity contribution in [1.29, 1.82) is 0 Å². The SMILES string of the molecule is COCCN(CCCN)C(=O)c1ccncc1C. The van der Waals surface area contributed by atoms with E-state index in [1.807, 2.05) is 6.92 Å². The van der Waals surface area contributed by atoms with Crippen molar-refractivity contribution < 1.29 is 9.53 Å². The molecule has 0 aliphatic carbocycles. The summed E-state index contributed by atoms with van der Waals surface area (Å²) in [7, 11) is 1.63. The maximum atomic E-state index is 12.4. The molecule has 0 spiro atoms. The lowest BCUT2D eigenvalue weighted by atomic mass is 10.1. The van der Waals surface area contributed by atoms with Gasteiger partial charge in [-0.1, -0.05) is 0 Å². The number of ether oxygens (including phenoxy) is 1. The van der Waals surface area contributed by atoms with Crippen molar-refractivity contribution in [2.75, 3.05) is 33.4 Å². The van der Waals surface area contributed by atoms with Crippen LogP contribution in [0.5, 0.6) is 0 Å². The quantitative estimate of drug-likeness (QED) is 0.779. The number of aryl methyl sites for hydroxylation is 1. The minimum absolute atomic E-state index is 0.0143. The van der Waals surface area contributed by atoms with Crippen LogP contribution in [-0.4, -0.2) is 49.1 Å². The second-order valence-electron chi connectivity index (χ2n) is 4.12.